The van der Waals surface area contributed by atoms with Crippen LogP contribution in [0.4, 0.5) is 8.78 Å². The van der Waals surface area contributed by atoms with E-state index in [1.807, 2.05) is 6.07 Å². The van der Waals surface area contributed by atoms with E-state index >= 15 is 0 Å². The Balaban J connectivity index is 2.14. The molecule has 0 spiro atoms. The number of aromatic nitrogens is 1. The van der Waals surface area contributed by atoms with E-state index in [0.717, 1.165) is 12.1 Å². The average molecular weight is 246 g/mol. The second-order valence-corrected chi connectivity index (χ2v) is 3.49. The summed E-state index contributed by atoms with van der Waals surface area (Å²) in [6.07, 6.45) is 1.49. The fourth-order valence-electron chi connectivity index (χ4n) is 1.40. The summed E-state index contributed by atoms with van der Waals surface area (Å²) >= 11 is 0. The van der Waals surface area contributed by atoms with Crippen molar-refractivity contribution in [3.05, 3.63) is 59.4 Å². The van der Waals surface area contributed by atoms with Gasteiger partial charge in [0.1, 0.15) is 24.2 Å². The molecule has 0 N–H and O–H groups in total. The molecule has 0 aliphatic heterocycles. The third-order valence-corrected chi connectivity index (χ3v) is 2.27. The van der Waals surface area contributed by atoms with Crippen molar-refractivity contribution < 1.29 is 13.5 Å². The number of ether oxygens (including phenoxy) is 1. The minimum Gasteiger partial charge on any atom is -0.486 e. The number of nitriles is 1. The number of nitrogens with zero attached hydrogens (tertiary/aromatic N) is 2. The predicted molar refractivity (Wildman–Crippen MR) is 59.6 cm³/mol. The molecular formula is C13H8F2N2O. The first-order chi connectivity index (χ1) is 8.70. The smallest absolute Gasteiger partial charge is 0.167 e. The lowest BCUT2D eigenvalue weighted by Gasteiger charge is -2.07. The van der Waals surface area contributed by atoms with E-state index in [0.29, 0.717) is 5.56 Å². The van der Waals surface area contributed by atoms with Gasteiger partial charge in [-0.3, -0.25) is 0 Å². The van der Waals surface area contributed by atoms with Crippen molar-refractivity contribution in [1.82, 2.24) is 4.98 Å². The van der Waals surface area contributed by atoms with Gasteiger partial charge in [-0.05, 0) is 18.2 Å². The Bertz CT molecular complexity index is 608. The van der Waals surface area contributed by atoms with Gasteiger partial charge in [-0.2, -0.15) is 5.26 Å². The van der Waals surface area contributed by atoms with E-state index in [4.69, 9.17) is 10.00 Å². The Hall–Kier alpha value is -2.48. The van der Waals surface area contributed by atoms with E-state index in [1.54, 1.807) is 12.1 Å². The topological polar surface area (TPSA) is 45.9 Å². The van der Waals surface area contributed by atoms with E-state index in [-0.39, 0.29) is 18.1 Å². The summed E-state index contributed by atoms with van der Waals surface area (Å²) in [6, 6.07) is 8.27. The normalized spacial score (nSPS) is 9.83. The van der Waals surface area contributed by atoms with Crippen LogP contribution in [0, 0.1) is 23.0 Å². The Morgan fingerprint density at radius 2 is 2.11 bits per heavy atom. The molecule has 5 heteroatoms. The lowest BCUT2D eigenvalue weighted by Crippen LogP contribution is -2.01. The second-order valence-electron chi connectivity index (χ2n) is 3.49. The van der Waals surface area contributed by atoms with Crippen LogP contribution in [0.15, 0.2) is 36.5 Å². The monoisotopic (exact) mass is 246 g/mol. The van der Waals surface area contributed by atoms with Crippen LogP contribution >= 0.6 is 0 Å². The van der Waals surface area contributed by atoms with Gasteiger partial charge in [0.25, 0.3) is 0 Å². The van der Waals surface area contributed by atoms with Gasteiger partial charge in [0.15, 0.2) is 11.6 Å². The summed E-state index contributed by atoms with van der Waals surface area (Å²) in [6.45, 7) is -0.000709. The molecule has 0 unspecified atom stereocenters. The Morgan fingerprint density at radius 3 is 2.83 bits per heavy atom. The zero-order valence-corrected chi connectivity index (χ0v) is 9.23. The molecule has 2 rings (SSSR count). The van der Waals surface area contributed by atoms with Gasteiger partial charge < -0.3 is 4.74 Å². The molecule has 1 aromatic heterocycles. The van der Waals surface area contributed by atoms with Gasteiger partial charge in [-0.25, -0.2) is 13.8 Å². The standard InChI is InChI=1S/C13H8F2N2O/c14-10-3-4-13(11(15)6-10)18-8-9-2-1-5-17-12(9)7-16/h1-6H,8H2. The van der Waals surface area contributed by atoms with Crippen LogP contribution < -0.4 is 4.74 Å². The van der Waals surface area contributed by atoms with Crippen molar-refractivity contribution in [3.8, 4) is 11.8 Å². The fourth-order valence-corrected chi connectivity index (χ4v) is 1.40. The van der Waals surface area contributed by atoms with Crippen LogP contribution in [0.2, 0.25) is 0 Å². The van der Waals surface area contributed by atoms with Crippen molar-refractivity contribution in [2.24, 2.45) is 0 Å². The number of hydrogen-bond donors (Lipinski definition) is 0. The molecule has 0 radical (unpaired) electrons. The lowest BCUT2D eigenvalue weighted by atomic mass is 10.2. The number of benzene rings is 1. The van der Waals surface area contributed by atoms with Crippen LogP contribution in [-0.2, 0) is 6.61 Å². The fraction of sp³-hybridized carbons (Fsp3) is 0.0769. The Kier molecular flexibility index (Phi) is 3.49. The molecule has 18 heavy (non-hydrogen) atoms. The summed E-state index contributed by atoms with van der Waals surface area (Å²) in [4.78, 5) is 3.85. The minimum absolute atomic E-state index is 0.000709. The third kappa shape index (κ3) is 2.61. The van der Waals surface area contributed by atoms with E-state index in [1.165, 1.54) is 12.3 Å². The highest BCUT2D eigenvalue weighted by Crippen LogP contribution is 2.19. The van der Waals surface area contributed by atoms with Crippen LogP contribution in [0.25, 0.3) is 0 Å². The van der Waals surface area contributed by atoms with Gasteiger partial charge in [-0.15, -0.1) is 0 Å². The first-order valence-corrected chi connectivity index (χ1v) is 5.12. The van der Waals surface area contributed by atoms with Crippen LogP contribution in [0.5, 0.6) is 5.75 Å². The highest BCUT2D eigenvalue weighted by molar-refractivity contribution is 5.31. The average Bonchev–Trinajstić information content (AvgIpc) is 2.38. The highest BCUT2D eigenvalue weighted by Gasteiger charge is 2.07. The van der Waals surface area contributed by atoms with E-state index in [2.05, 4.69) is 4.98 Å². The summed E-state index contributed by atoms with van der Waals surface area (Å²) in [5.74, 6) is -1.51. The van der Waals surface area contributed by atoms with Crippen LogP contribution in [-0.4, -0.2) is 4.98 Å². The molecule has 0 aliphatic rings. The maximum atomic E-state index is 13.3. The first-order valence-electron chi connectivity index (χ1n) is 5.12. The summed E-state index contributed by atoms with van der Waals surface area (Å²) < 4.78 is 31.2. The zero-order chi connectivity index (χ0) is 13.0. The van der Waals surface area contributed by atoms with Crippen molar-refractivity contribution in [2.75, 3.05) is 0 Å². The Labute approximate surface area is 102 Å². The molecule has 0 fully saturated rings. The maximum absolute atomic E-state index is 13.3. The van der Waals surface area contributed by atoms with Crippen LogP contribution in [0.3, 0.4) is 0 Å². The Morgan fingerprint density at radius 1 is 1.28 bits per heavy atom. The van der Waals surface area contributed by atoms with E-state index < -0.39 is 11.6 Å². The number of halogens is 2. The molecule has 2 aromatic rings. The van der Waals surface area contributed by atoms with Gasteiger partial charge in [0.2, 0.25) is 0 Å². The summed E-state index contributed by atoms with van der Waals surface area (Å²) in [5, 5.41) is 8.81. The van der Waals surface area contributed by atoms with E-state index in [9.17, 15) is 8.78 Å². The van der Waals surface area contributed by atoms with Crippen molar-refractivity contribution in [3.63, 3.8) is 0 Å². The molecule has 0 saturated carbocycles. The highest BCUT2D eigenvalue weighted by atomic mass is 19.1. The SMILES string of the molecule is N#Cc1ncccc1COc1ccc(F)cc1F. The number of rotatable bonds is 3. The molecule has 0 saturated heterocycles. The maximum Gasteiger partial charge on any atom is 0.167 e. The third-order valence-electron chi connectivity index (χ3n) is 2.27. The molecule has 1 heterocycles. The zero-order valence-electron chi connectivity index (χ0n) is 9.23. The molecule has 90 valence electrons. The molecule has 0 aliphatic carbocycles. The number of hydrogen-bond acceptors (Lipinski definition) is 3. The van der Waals surface area contributed by atoms with Gasteiger partial charge in [0, 0.05) is 17.8 Å². The predicted octanol–water partition coefficient (Wildman–Crippen LogP) is 2.81. The van der Waals surface area contributed by atoms with Crippen molar-refractivity contribution in [1.29, 1.82) is 5.26 Å². The van der Waals surface area contributed by atoms with Gasteiger partial charge >= 0.3 is 0 Å². The molecule has 0 amide bonds. The lowest BCUT2D eigenvalue weighted by molar-refractivity contribution is 0.288. The molecular weight excluding hydrogens is 238 g/mol. The van der Waals surface area contributed by atoms with Gasteiger partial charge in [-0.1, -0.05) is 6.07 Å². The molecule has 0 atom stereocenters. The summed E-state index contributed by atoms with van der Waals surface area (Å²) in [7, 11) is 0. The second kappa shape index (κ2) is 5.23. The van der Waals surface area contributed by atoms with Gasteiger partial charge in [0.05, 0.1) is 0 Å². The van der Waals surface area contributed by atoms with Crippen molar-refractivity contribution >= 4 is 0 Å². The minimum atomic E-state index is -0.780. The molecule has 1 aromatic carbocycles. The van der Waals surface area contributed by atoms with Crippen LogP contribution in [0.1, 0.15) is 11.3 Å². The summed E-state index contributed by atoms with van der Waals surface area (Å²) in [5.41, 5.74) is 0.767. The quantitative estimate of drug-likeness (QED) is 0.836. The molecule has 3 nitrogen and oxygen atoms in total. The molecule has 0 bridgehead atoms. The van der Waals surface area contributed by atoms with Crippen molar-refractivity contribution in [2.45, 2.75) is 6.61 Å². The largest absolute Gasteiger partial charge is 0.486 e. The number of pyridine rings is 1. The first kappa shape index (κ1) is 12.0.